The first kappa shape index (κ1) is 21.5. The minimum Gasteiger partial charge on any atom is -0.388 e. The van der Waals surface area contributed by atoms with Crippen LogP contribution in [0.5, 0.6) is 0 Å². The van der Waals surface area contributed by atoms with Gasteiger partial charge in [-0.3, -0.25) is 14.2 Å². The van der Waals surface area contributed by atoms with Crippen molar-refractivity contribution in [1.82, 2.24) is 9.55 Å². The summed E-state index contributed by atoms with van der Waals surface area (Å²) in [5.41, 5.74) is 1.69. The number of aliphatic hydroxyl groups is 1. The number of fused-ring (bicyclic) bond motifs is 1. The van der Waals surface area contributed by atoms with Crippen LogP contribution in [-0.2, 0) is 12.7 Å². The molecule has 0 aliphatic carbocycles. The van der Waals surface area contributed by atoms with Crippen LogP contribution in [-0.4, -0.2) is 27.0 Å². The molecule has 4 aromatic rings. The standard InChI is InChI=1S/C24H17F3N2O3/c25-24(26,27)19-7-4-16(5-8-19)17-3-1-2-15(10-17)12-29-14-28-21-9-6-18(22(31)13-30)11-20(21)23(29)32/h1-11,14,30H,12-13H2. The molecule has 0 amide bonds. The van der Waals surface area contributed by atoms with Crippen molar-refractivity contribution in [3.05, 3.63) is 100 Å². The zero-order chi connectivity index (χ0) is 22.9. The SMILES string of the molecule is O=C(CO)c1ccc2ncn(Cc3cccc(-c4ccc(C(F)(F)F)cc4)c3)c(=O)c2c1. The lowest BCUT2D eigenvalue weighted by Gasteiger charge is -2.10. The van der Waals surface area contributed by atoms with Crippen molar-refractivity contribution < 1.29 is 23.1 Å². The Kier molecular flexibility index (Phi) is 5.63. The van der Waals surface area contributed by atoms with Gasteiger partial charge in [0.25, 0.3) is 5.56 Å². The lowest BCUT2D eigenvalue weighted by atomic mass is 10.0. The number of carbonyl (C=O) groups is 1. The zero-order valence-corrected chi connectivity index (χ0v) is 16.6. The van der Waals surface area contributed by atoms with E-state index >= 15 is 0 Å². The van der Waals surface area contributed by atoms with Gasteiger partial charge in [0.1, 0.15) is 6.61 Å². The number of carbonyl (C=O) groups excluding carboxylic acids is 1. The van der Waals surface area contributed by atoms with E-state index in [1.165, 1.54) is 35.2 Å². The Morgan fingerprint density at radius 2 is 1.72 bits per heavy atom. The van der Waals surface area contributed by atoms with Crippen LogP contribution in [0.4, 0.5) is 13.2 Å². The number of hydrogen-bond acceptors (Lipinski definition) is 4. The Balaban J connectivity index is 1.65. The summed E-state index contributed by atoms with van der Waals surface area (Å²) in [7, 11) is 0. The van der Waals surface area contributed by atoms with E-state index in [1.54, 1.807) is 30.3 Å². The predicted molar refractivity (Wildman–Crippen MR) is 113 cm³/mol. The molecule has 4 rings (SSSR count). The Morgan fingerprint density at radius 3 is 2.41 bits per heavy atom. The number of nitrogens with zero attached hydrogens (tertiary/aromatic N) is 2. The zero-order valence-electron chi connectivity index (χ0n) is 16.6. The molecular weight excluding hydrogens is 421 g/mol. The molecule has 1 aromatic heterocycles. The van der Waals surface area contributed by atoms with Crippen molar-refractivity contribution in [3.63, 3.8) is 0 Å². The van der Waals surface area contributed by atoms with Crippen LogP contribution in [0, 0.1) is 0 Å². The highest BCUT2D eigenvalue weighted by molar-refractivity contribution is 5.99. The quantitative estimate of drug-likeness (QED) is 0.472. The Hall–Kier alpha value is -3.78. The van der Waals surface area contributed by atoms with Gasteiger partial charge >= 0.3 is 6.18 Å². The maximum Gasteiger partial charge on any atom is 0.416 e. The highest BCUT2D eigenvalue weighted by atomic mass is 19.4. The Labute approximate surface area is 180 Å². The van der Waals surface area contributed by atoms with Gasteiger partial charge in [0.15, 0.2) is 5.78 Å². The fourth-order valence-electron chi connectivity index (χ4n) is 3.43. The fraction of sp³-hybridized carbons (Fsp3) is 0.125. The molecule has 0 aliphatic rings. The number of aliphatic hydroxyl groups excluding tert-OH is 1. The number of rotatable bonds is 5. The lowest BCUT2D eigenvalue weighted by Crippen LogP contribution is -2.21. The maximum atomic E-state index is 12.9. The van der Waals surface area contributed by atoms with E-state index in [0.29, 0.717) is 16.6 Å². The fourth-order valence-corrected chi connectivity index (χ4v) is 3.43. The molecule has 1 heterocycles. The van der Waals surface area contributed by atoms with Gasteiger partial charge in [-0.15, -0.1) is 0 Å². The second kappa shape index (κ2) is 8.39. The third kappa shape index (κ3) is 4.31. The summed E-state index contributed by atoms with van der Waals surface area (Å²) in [6.45, 7) is -0.467. The molecule has 8 heteroatoms. The third-order valence-corrected chi connectivity index (χ3v) is 5.12. The molecule has 0 aliphatic heterocycles. The van der Waals surface area contributed by atoms with Crippen molar-refractivity contribution in [2.24, 2.45) is 0 Å². The molecule has 0 fully saturated rings. The largest absolute Gasteiger partial charge is 0.416 e. The van der Waals surface area contributed by atoms with E-state index in [0.717, 1.165) is 17.7 Å². The molecule has 0 saturated heterocycles. The third-order valence-electron chi connectivity index (χ3n) is 5.12. The van der Waals surface area contributed by atoms with Gasteiger partial charge in [0, 0.05) is 5.56 Å². The van der Waals surface area contributed by atoms with Crippen molar-refractivity contribution in [1.29, 1.82) is 0 Å². The van der Waals surface area contributed by atoms with Crippen LogP contribution in [0.2, 0.25) is 0 Å². The summed E-state index contributed by atoms with van der Waals surface area (Å²) in [5, 5.41) is 9.30. The molecule has 0 spiro atoms. The summed E-state index contributed by atoms with van der Waals surface area (Å²) in [6.07, 6.45) is -2.99. The first-order valence-corrected chi connectivity index (χ1v) is 9.66. The number of ketones is 1. The monoisotopic (exact) mass is 438 g/mol. The van der Waals surface area contributed by atoms with Crippen molar-refractivity contribution in [2.45, 2.75) is 12.7 Å². The van der Waals surface area contributed by atoms with Gasteiger partial charge in [-0.2, -0.15) is 13.2 Å². The van der Waals surface area contributed by atoms with Crippen LogP contribution in [0.25, 0.3) is 22.0 Å². The lowest BCUT2D eigenvalue weighted by molar-refractivity contribution is -0.137. The van der Waals surface area contributed by atoms with Crippen LogP contribution >= 0.6 is 0 Å². The summed E-state index contributed by atoms with van der Waals surface area (Å²) in [6, 6.07) is 16.5. The van der Waals surface area contributed by atoms with Crippen molar-refractivity contribution >= 4 is 16.7 Å². The van der Waals surface area contributed by atoms with Gasteiger partial charge in [0.2, 0.25) is 0 Å². The molecule has 0 unspecified atom stereocenters. The number of benzene rings is 3. The molecule has 32 heavy (non-hydrogen) atoms. The average molecular weight is 438 g/mol. The molecule has 0 atom stereocenters. The normalized spacial score (nSPS) is 11.6. The highest BCUT2D eigenvalue weighted by Crippen LogP contribution is 2.31. The van der Waals surface area contributed by atoms with Gasteiger partial charge in [0.05, 0.1) is 29.3 Å². The minimum atomic E-state index is -4.40. The van der Waals surface area contributed by atoms with Gasteiger partial charge in [-0.25, -0.2) is 4.98 Å². The molecule has 5 nitrogen and oxygen atoms in total. The average Bonchev–Trinajstić information content (AvgIpc) is 2.80. The van der Waals surface area contributed by atoms with Crippen LogP contribution in [0.3, 0.4) is 0 Å². The molecular formula is C24H17F3N2O3. The van der Waals surface area contributed by atoms with Gasteiger partial charge < -0.3 is 5.11 Å². The van der Waals surface area contributed by atoms with Crippen molar-refractivity contribution in [3.8, 4) is 11.1 Å². The van der Waals surface area contributed by atoms with E-state index in [4.69, 9.17) is 5.11 Å². The number of hydrogen-bond donors (Lipinski definition) is 1. The first-order valence-electron chi connectivity index (χ1n) is 9.66. The molecule has 0 bridgehead atoms. The van der Waals surface area contributed by atoms with Gasteiger partial charge in [-0.1, -0.05) is 30.3 Å². The molecule has 0 radical (unpaired) electrons. The van der Waals surface area contributed by atoms with Gasteiger partial charge in [-0.05, 0) is 53.1 Å². The van der Waals surface area contributed by atoms with Crippen LogP contribution < -0.4 is 5.56 Å². The Morgan fingerprint density at radius 1 is 0.969 bits per heavy atom. The van der Waals surface area contributed by atoms with E-state index < -0.39 is 24.1 Å². The predicted octanol–water partition coefficient (Wildman–Crippen LogP) is 4.31. The number of Topliss-reactive ketones (excluding diaryl/α,β-unsaturated/α-hetero) is 1. The summed E-state index contributed by atoms with van der Waals surface area (Å²) in [5.74, 6) is -0.494. The molecule has 1 N–H and O–H groups in total. The summed E-state index contributed by atoms with van der Waals surface area (Å²) < 4.78 is 39.8. The van der Waals surface area contributed by atoms with Crippen LogP contribution in [0.15, 0.2) is 77.9 Å². The number of aromatic nitrogens is 2. The number of halogens is 3. The van der Waals surface area contributed by atoms with Crippen molar-refractivity contribution in [2.75, 3.05) is 6.61 Å². The van der Waals surface area contributed by atoms with E-state index in [2.05, 4.69) is 4.98 Å². The number of alkyl halides is 3. The highest BCUT2D eigenvalue weighted by Gasteiger charge is 2.29. The second-order valence-electron chi connectivity index (χ2n) is 7.27. The maximum absolute atomic E-state index is 12.9. The molecule has 162 valence electrons. The summed E-state index contributed by atoms with van der Waals surface area (Å²) in [4.78, 5) is 28.9. The summed E-state index contributed by atoms with van der Waals surface area (Å²) >= 11 is 0. The first-order chi connectivity index (χ1) is 15.3. The van der Waals surface area contributed by atoms with E-state index in [9.17, 15) is 22.8 Å². The molecule has 0 saturated carbocycles. The Bertz CT molecular complexity index is 1360. The minimum absolute atomic E-state index is 0.189. The van der Waals surface area contributed by atoms with E-state index in [1.807, 2.05) is 0 Å². The second-order valence-corrected chi connectivity index (χ2v) is 7.27. The van der Waals surface area contributed by atoms with E-state index in [-0.39, 0.29) is 23.1 Å². The smallest absolute Gasteiger partial charge is 0.388 e. The topological polar surface area (TPSA) is 72.2 Å². The van der Waals surface area contributed by atoms with Crippen LogP contribution in [0.1, 0.15) is 21.5 Å². The molecule has 3 aromatic carbocycles.